The molecule has 2 aromatic carbocycles. The lowest BCUT2D eigenvalue weighted by Gasteiger charge is -2.07. The summed E-state index contributed by atoms with van der Waals surface area (Å²) in [7, 11) is 0. The minimum atomic E-state index is -0.571. The number of aryl methyl sites for hydroxylation is 2. The molecule has 0 bridgehead atoms. The zero-order valence-electron chi connectivity index (χ0n) is 15.3. The van der Waals surface area contributed by atoms with E-state index in [2.05, 4.69) is 15.4 Å². The smallest absolute Gasteiger partial charge is 0.259 e. The second kappa shape index (κ2) is 7.36. The average molecular weight is 392 g/mol. The number of amides is 1. The van der Waals surface area contributed by atoms with E-state index in [-0.39, 0.29) is 5.56 Å². The van der Waals surface area contributed by atoms with Gasteiger partial charge >= 0.3 is 0 Å². The third kappa shape index (κ3) is 3.57. The van der Waals surface area contributed by atoms with Crippen molar-refractivity contribution in [1.82, 2.24) is 14.8 Å². The summed E-state index contributed by atoms with van der Waals surface area (Å²) >= 11 is 1.42. The number of halogens is 1. The number of benzene rings is 2. The van der Waals surface area contributed by atoms with Crippen molar-refractivity contribution in [1.29, 1.82) is 0 Å². The Bertz CT molecular complexity index is 1150. The quantitative estimate of drug-likeness (QED) is 0.531. The maximum atomic E-state index is 13.9. The topological polar surface area (TPSA) is 59.8 Å². The van der Waals surface area contributed by atoms with Crippen molar-refractivity contribution in [2.75, 3.05) is 5.32 Å². The summed E-state index contributed by atoms with van der Waals surface area (Å²) in [5.41, 5.74) is 3.72. The molecule has 1 N–H and O–H groups in total. The van der Waals surface area contributed by atoms with E-state index in [0.717, 1.165) is 17.0 Å². The highest BCUT2D eigenvalue weighted by atomic mass is 32.1. The molecule has 28 heavy (non-hydrogen) atoms. The van der Waals surface area contributed by atoms with Crippen LogP contribution in [0.3, 0.4) is 0 Å². The van der Waals surface area contributed by atoms with Gasteiger partial charge < -0.3 is 5.32 Å². The van der Waals surface area contributed by atoms with Crippen LogP contribution in [-0.4, -0.2) is 20.7 Å². The molecule has 4 rings (SSSR count). The lowest BCUT2D eigenvalue weighted by atomic mass is 10.1. The van der Waals surface area contributed by atoms with Crippen molar-refractivity contribution in [3.63, 3.8) is 0 Å². The minimum absolute atomic E-state index is 0.0209. The van der Waals surface area contributed by atoms with Gasteiger partial charge in [0.1, 0.15) is 11.6 Å². The van der Waals surface area contributed by atoms with Crippen molar-refractivity contribution >= 4 is 23.1 Å². The number of hydrogen-bond acceptors (Lipinski definition) is 4. The Morgan fingerprint density at radius 1 is 1.11 bits per heavy atom. The summed E-state index contributed by atoms with van der Waals surface area (Å²) in [5, 5.41) is 9.72. The number of thiazole rings is 1. The van der Waals surface area contributed by atoms with Gasteiger partial charge in [0.2, 0.25) is 5.13 Å². The predicted octanol–water partition coefficient (Wildman–Crippen LogP) is 5.00. The molecule has 4 aromatic rings. The van der Waals surface area contributed by atoms with Gasteiger partial charge in [-0.25, -0.2) is 9.37 Å². The highest BCUT2D eigenvalue weighted by molar-refractivity contribution is 7.12. The van der Waals surface area contributed by atoms with Crippen LogP contribution in [0.4, 0.5) is 10.2 Å². The number of anilines is 1. The van der Waals surface area contributed by atoms with Crippen molar-refractivity contribution in [2.24, 2.45) is 0 Å². The summed E-state index contributed by atoms with van der Waals surface area (Å²) in [6.45, 7) is 3.86. The van der Waals surface area contributed by atoms with E-state index < -0.39 is 11.7 Å². The van der Waals surface area contributed by atoms with Crippen LogP contribution in [0.2, 0.25) is 0 Å². The summed E-state index contributed by atoms with van der Waals surface area (Å²) in [5.74, 6) is -0.663. The largest absolute Gasteiger partial charge is 0.306 e. The van der Waals surface area contributed by atoms with Crippen molar-refractivity contribution in [2.45, 2.75) is 13.8 Å². The number of carbonyl (C=O) groups excluding carboxylic acids is 1. The molecule has 2 aromatic heterocycles. The molecule has 0 saturated heterocycles. The number of carbonyl (C=O) groups is 1. The van der Waals surface area contributed by atoms with Crippen LogP contribution in [0.1, 0.15) is 21.6 Å². The van der Waals surface area contributed by atoms with Gasteiger partial charge in [-0.2, -0.15) is 9.78 Å². The summed E-state index contributed by atoms with van der Waals surface area (Å²) in [6.07, 6.45) is 0. The highest BCUT2D eigenvalue weighted by Crippen LogP contribution is 2.27. The molecule has 140 valence electrons. The zero-order chi connectivity index (χ0) is 19.7. The molecule has 1 amide bonds. The van der Waals surface area contributed by atoms with Gasteiger partial charge in [0, 0.05) is 17.0 Å². The molecule has 0 saturated carbocycles. The van der Waals surface area contributed by atoms with Crippen LogP contribution in [0.15, 0.2) is 60.0 Å². The van der Waals surface area contributed by atoms with Gasteiger partial charge in [0.15, 0.2) is 0 Å². The molecule has 0 aliphatic carbocycles. The molecule has 0 unspecified atom stereocenters. The third-order valence-electron chi connectivity index (χ3n) is 4.21. The van der Waals surface area contributed by atoms with E-state index in [0.29, 0.717) is 10.9 Å². The van der Waals surface area contributed by atoms with E-state index in [4.69, 9.17) is 0 Å². The van der Waals surface area contributed by atoms with Gasteiger partial charge in [-0.15, -0.1) is 11.3 Å². The molecule has 0 aliphatic heterocycles. The molecule has 0 fully saturated rings. The SMILES string of the molecule is Cc1ccc(-c2csc(-n3nc(C)cc3NC(=O)c3ccccc3F)n2)cc1. The lowest BCUT2D eigenvalue weighted by molar-refractivity contribution is 0.102. The van der Waals surface area contributed by atoms with Crippen LogP contribution in [-0.2, 0) is 0 Å². The summed E-state index contributed by atoms with van der Waals surface area (Å²) < 4.78 is 15.5. The maximum absolute atomic E-state index is 13.9. The van der Waals surface area contributed by atoms with Gasteiger partial charge in [0.05, 0.1) is 17.0 Å². The van der Waals surface area contributed by atoms with E-state index in [1.807, 2.05) is 43.5 Å². The fourth-order valence-corrected chi connectivity index (χ4v) is 3.58. The van der Waals surface area contributed by atoms with Gasteiger partial charge in [-0.05, 0) is 26.0 Å². The first-order chi connectivity index (χ1) is 13.5. The molecule has 2 heterocycles. The van der Waals surface area contributed by atoms with Crippen molar-refractivity contribution in [3.05, 3.63) is 82.6 Å². The normalized spacial score (nSPS) is 10.8. The number of hydrogen-bond donors (Lipinski definition) is 1. The zero-order valence-corrected chi connectivity index (χ0v) is 16.1. The molecular weight excluding hydrogens is 375 g/mol. The second-order valence-electron chi connectivity index (χ2n) is 6.40. The Morgan fingerprint density at radius 3 is 2.61 bits per heavy atom. The molecule has 0 spiro atoms. The first-order valence-corrected chi connectivity index (χ1v) is 9.55. The Hall–Kier alpha value is -3.32. The maximum Gasteiger partial charge on any atom is 0.259 e. The molecular formula is C21H17FN4OS. The monoisotopic (exact) mass is 392 g/mol. The van der Waals surface area contributed by atoms with E-state index >= 15 is 0 Å². The minimum Gasteiger partial charge on any atom is -0.306 e. The fourth-order valence-electron chi connectivity index (χ4n) is 2.78. The van der Waals surface area contributed by atoms with E-state index in [1.54, 1.807) is 22.9 Å². The first kappa shape index (κ1) is 18.1. The Morgan fingerprint density at radius 2 is 1.86 bits per heavy atom. The Labute approximate surface area is 165 Å². The number of rotatable bonds is 4. The lowest BCUT2D eigenvalue weighted by Crippen LogP contribution is -2.16. The van der Waals surface area contributed by atoms with Crippen LogP contribution < -0.4 is 5.32 Å². The van der Waals surface area contributed by atoms with Gasteiger partial charge in [-0.1, -0.05) is 42.0 Å². The number of aromatic nitrogens is 3. The van der Waals surface area contributed by atoms with Crippen molar-refractivity contribution in [3.8, 4) is 16.4 Å². The molecule has 0 radical (unpaired) electrons. The van der Waals surface area contributed by atoms with E-state index in [1.165, 1.54) is 29.0 Å². The summed E-state index contributed by atoms with van der Waals surface area (Å²) in [6, 6.07) is 15.7. The predicted molar refractivity (Wildman–Crippen MR) is 108 cm³/mol. The summed E-state index contributed by atoms with van der Waals surface area (Å²) in [4.78, 5) is 17.1. The molecule has 7 heteroatoms. The average Bonchev–Trinajstić information content (AvgIpc) is 3.29. The molecule has 5 nitrogen and oxygen atoms in total. The third-order valence-corrected chi connectivity index (χ3v) is 5.03. The molecule has 0 atom stereocenters. The van der Waals surface area contributed by atoms with Crippen LogP contribution >= 0.6 is 11.3 Å². The van der Waals surface area contributed by atoms with Gasteiger partial charge in [0.25, 0.3) is 5.91 Å². The van der Waals surface area contributed by atoms with Crippen molar-refractivity contribution < 1.29 is 9.18 Å². The van der Waals surface area contributed by atoms with Crippen LogP contribution in [0, 0.1) is 19.7 Å². The fraction of sp³-hybridized carbons (Fsp3) is 0.0952. The highest BCUT2D eigenvalue weighted by Gasteiger charge is 2.17. The first-order valence-electron chi connectivity index (χ1n) is 8.67. The van der Waals surface area contributed by atoms with E-state index in [9.17, 15) is 9.18 Å². The van der Waals surface area contributed by atoms with Gasteiger partial charge in [-0.3, -0.25) is 4.79 Å². The number of nitrogens with zero attached hydrogens (tertiary/aromatic N) is 3. The Balaban J connectivity index is 1.64. The standard InChI is InChI=1S/C21H17FN4OS/c1-13-7-9-15(10-8-13)18-12-28-21(23-18)26-19(11-14(2)25-26)24-20(27)16-5-3-4-6-17(16)22/h3-12H,1-2H3,(H,24,27). The van der Waals surface area contributed by atoms with Crippen LogP contribution in [0.25, 0.3) is 16.4 Å². The molecule has 0 aliphatic rings. The second-order valence-corrected chi connectivity index (χ2v) is 7.23. The van der Waals surface area contributed by atoms with Crippen LogP contribution in [0.5, 0.6) is 0 Å². The Kier molecular flexibility index (Phi) is 4.75. The number of nitrogens with one attached hydrogen (secondary N) is 1.